The molecule has 0 spiro atoms. The Morgan fingerprint density at radius 1 is 1.11 bits per heavy atom. The van der Waals surface area contributed by atoms with Gasteiger partial charge in [-0.3, -0.25) is 14.5 Å². The fourth-order valence-electron chi connectivity index (χ4n) is 4.81. The van der Waals surface area contributed by atoms with Crippen molar-refractivity contribution in [2.45, 2.75) is 12.5 Å². The van der Waals surface area contributed by atoms with E-state index in [9.17, 15) is 18.4 Å². The summed E-state index contributed by atoms with van der Waals surface area (Å²) in [7, 11) is 0. The molecular formula is C26H26F2N6O3. The highest BCUT2D eigenvalue weighted by molar-refractivity contribution is 5.98. The van der Waals surface area contributed by atoms with Crippen molar-refractivity contribution < 1.29 is 23.1 Å². The third-order valence-electron chi connectivity index (χ3n) is 6.63. The number of carbonyl (C=O) groups is 2. The van der Waals surface area contributed by atoms with Crippen LogP contribution >= 0.6 is 0 Å². The number of nitrogens with two attached hydrogens (primary N) is 1. The van der Waals surface area contributed by atoms with Gasteiger partial charge in [-0.25, -0.2) is 13.5 Å². The number of piperazine rings is 1. The molecular weight excluding hydrogens is 482 g/mol. The van der Waals surface area contributed by atoms with Gasteiger partial charge < -0.3 is 20.7 Å². The number of hydrogen-bond acceptors (Lipinski definition) is 6. The van der Waals surface area contributed by atoms with Crippen molar-refractivity contribution in [2.24, 2.45) is 5.73 Å². The minimum atomic E-state index is -0.813. The van der Waals surface area contributed by atoms with Gasteiger partial charge in [0.05, 0.1) is 17.4 Å². The second-order valence-corrected chi connectivity index (χ2v) is 8.85. The summed E-state index contributed by atoms with van der Waals surface area (Å²) < 4.78 is 34.2. The van der Waals surface area contributed by atoms with Gasteiger partial charge in [0.15, 0.2) is 17.3 Å². The molecule has 192 valence electrons. The number of hydrogen-bond donors (Lipinski definition) is 2. The minimum Gasteiger partial charge on any atom is -0.454 e. The van der Waals surface area contributed by atoms with E-state index in [2.05, 4.69) is 16.8 Å². The highest BCUT2D eigenvalue weighted by Gasteiger charge is 2.35. The van der Waals surface area contributed by atoms with Crippen molar-refractivity contribution in [3.8, 4) is 17.2 Å². The van der Waals surface area contributed by atoms with Crippen LogP contribution in [0.4, 0.5) is 14.5 Å². The van der Waals surface area contributed by atoms with E-state index in [1.54, 1.807) is 29.2 Å². The van der Waals surface area contributed by atoms with Crippen LogP contribution in [-0.4, -0.2) is 64.1 Å². The second-order valence-electron chi connectivity index (χ2n) is 8.85. The highest BCUT2D eigenvalue weighted by Crippen LogP contribution is 2.37. The highest BCUT2D eigenvalue weighted by atomic mass is 19.1. The zero-order valence-electron chi connectivity index (χ0n) is 20.0. The zero-order chi connectivity index (χ0) is 26.1. The monoisotopic (exact) mass is 508 g/mol. The topological polar surface area (TPSA) is 106 Å². The molecule has 37 heavy (non-hydrogen) atoms. The summed E-state index contributed by atoms with van der Waals surface area (Å²) >= 11 is 0. The van der Waals surface area contributed by atoms with Gasteiger partial charge in [0.1, 0.15) is 17.3 Å². The molecule has 9 nitrogen and oxygen atoms in total. The first kappa shape index (κ1) is 24.4. The Labute approximate surface area is 212 Å². The van der Waals surface area contributed by atoms with Crippen molar-refractivity contribution in [1.82, 2.24) is 19.6 Å². The SMILES string of the molecule is C=CC(=O)N1CCN([C@@H]2CCNc3c2nn(-c2ccc(Oc4ccc(F)cc4F)cc2)c3C(N)=O)CC1. The van der Waals surface area contributed by atoms with Crippen LogP contribution in [0.25, 0.3) is 5.69 Å². The van der Waals surface area contributed by atoms with E-state index in [4.69, 9.17) is 15.6 Å². The average Bonchev–Trinajstić information content (AvgIpc) is 3.30. The molecule has 3 aromatic rings. The number of carbonyl (C=O) groups excluding carboxylic acids is 2. The van der Waals surface area contributed by atoms with Gasteiger partial charge in [0, 0.05) is 38.8 Å². The smallest absolute Gasteiger partial charge is 0.269 e. The molecule has 0 saturated carbocycles. The van der Waals surface area contributed by atoms with Crippen LogP contribution in [0.1, 0.15) is 28.6 Å². The number of fused-ring (bicyclic) bond motifs is 1. The largest absolute Gasteiger partial charge is 0.454 e. The van der Waals surface area contributed by atoms with Crippen LogP contribution in [0.3, 0.4) is 0 Å². The Balaban J connectivity index is 1.41. The predicted molar refractivity (Wildman–Crippen MR) is 133 cm³/mol. The summed E-state index contributed by atoms with van der Waals surface area (Å²) in [6.07, 6.45) is 2.11. The van der Waals surface area contributed by atoms with Crippen LogP contribution in [0.5, 0.6) is 11.5 Å². The van der Waals surface area contributed by atoms with E-state index in [1.165, 1.54) is 16.8 Å². The average molecular weight is 509 g/mol. The van der Waals surface area contributed by atoms with Gasteiger partial charge in [-0.1, -0.05) is 6.58 Å². The molecule has 0 bridgehead atoms. The van der Waals surface area contributed by atoms with E-state index in [-0.39, 0.29) is 23.4 Å². The molecule has 11 heteroatoms. The molecule has 1 atom stereocenters. The maximum absolute atomic E-state index is 14.0. The fourth-order valence-corrected chi connectivity index (χ4v) is 4.81. The van der Waals surface area contributed by atoms with E-state index >= 15 is 0 Å². The van der Waals surface area contributed by atoms with Crippen LogP contribution in [0, 0.1) is 11.6 Å². The number of ether oxygens (including phenoxy) is 1. The molecule has 1 saturated heterocycles. The summed E-state index contributed by atoms with van der Waals surface area (Å²) in [6, 6.07) is 9.59. The van der Waals surface area contributed by atoms with Gasteiger partial charge in [-0.15, -0.1) is 0 Å². The molecule has 3 N–H and O–H groups in total. The first-order valence-corrected chi connectivity index (χ1v) is 11.9. The first-order chi connectivity index (χ1) is 17.9. The number of anilines is 1. The van der Waals surface area contributed by atoms with Gasteiger partial charge in [-0.2, -0.15) is 5.10 Å². The van der Waals surface area contributed by atoms with E-state index < -0.39 is 17.5 Å². The molecule has 3 heterocycles. The number of aromatic nitrogens is 2. The normalized spacial score (nSPS) is 17.6. The molecule has 2 amide bonds. The Hall–Kier alpha value is -4.25. The number of amides is 2. The number of nitrogens with one attached hydrogen (secondary N) is 1. The van der Waals surface area contributed by atoms with Gasteiger partial charge >= 0.3 is 0 Å². The standard InChI is InChI=1S/C26H26F2N6O3/c1-2-22(35)33-13-11-32(12-14-33)20-9-10-30-24-23(20)31-34(25(24)26(29)36)17-4-6-18(7-5-17)37-21-8-3-16(27)15-19(21)28/h2-8,15,20,30H,1,9-14H2,(H2,29,36)/t20-/m1/s1. The summed E-state index contributed by atoms with van der Waals surface area (Å²) in [5.41, 5.74) is 7.89. The van der Waals surface area contributed by atoms with Crippen LogP contribution in [-0.2, 0) is 4.79 Å². The summed E-state index contributed by atoms with van der Waals surface area (Å²) in [5, 5.41) is 8.06. The lowest BCUT2D eigenvalue weighted by molar-refractivity contribution is -0.128. The molecule has 1 aromatic heterocycles. The van der Waals surface area contributed by atoms with Crippen molar-refractivity contribution in [3.05, 3.63) is 78.1 Å². The van der Waals surface area contributed by atoms with Crippen LogP contribution in [0.2, 0.25) is 0 Å². The van der Waals surface area contributed by atoms with Crippen molar-refractivity contribution in [2.75, 3.05) is 38.0 Å². The lowest BCUT2D eigenvalue weighted by Gasteiger charge is -2.40. The lowest BCUT2D eigenvalue weighted by atomic mass is 10.0. The Morgan fingerprint density at radius 2 is 1.84 bits per heavy atom. The molecule has 0 unspecified atom stereocenters. The van der Waals surface area contributed by atoms with Crippen LogP contribution < -0.4 is 15.8 Å². The van der Waals surface area contributed by atoms with Crippen molar-refractivity contribution in [1.29, 1.82) is 0 Å². The first-order valence-electron chi connectivity index (χ1n) is 11.9. The minimum absolute atomic E-state index is 0.0411. The number of rotatable bonds is 6. The molecule has 0 aliphatic carbocycles. The molecule has 5 rings (SSSR count). The quantitative estimate of drug-likeness (QED) is 0.496. The molecule has 0 radical (unpaired) electrons. The number of nitrogens with zero attached hydrogens (tertiary/aromatic N) is 4. The second kappa shape index (κ2) is 10.0. The van der Waals surface area contributed by atoms with Gasteiger partial charge in [-0.05, 0) is 48.9 Å². The Morgan fingerprint density at radius 3 is 2.49 bits per heavy atom. The van der Waals surface area contributed by atoms with Gasteiger partial charge in [0.2, 0.25) is 5.91 Å². The van der Waals surface area contributed by atoms with E-state index in [0.29, 0.717) is 49.8 Å². The van der Waals surface area contributed by atoms with Crippen LogP contribution in [0.15, 0.2) is 55.1 Å². The van der Waals surface area contributed by atoms with Gasteiger partial charge in [0.25, 0.3) is 5.91 Å². The summed E-state index contributed by atoms with van der Waals surface area (Å²) in [4.78, 5) is 28.5. The van der Waals surface area contributed by atoms with Crippen molar-refractivity contribution >= 4 is 17.5 Å². The molecule has 1 fully saturated rings. The maximum Gasteiger partial charge on any atom is 0.269 e. The third-order valence-corrected chi connectivity index (χ3v) is 6.63. The van der Waals surface area contributed by atoms with E-state index in [1.807, 2.05) is 0 Å². The Kier molecular flexibility index (Phi) is 6.62. The number of halogens is 2. The predicted octanol–water partition coefficient (Wildman–Crippen LogP) is 3.23. The zero-order valence-corrected chi connectivity index (χ0v) is 20.0. The fraction of sp³-hybridized carbons (Fsp3) is 0.269. The summed E-state index contributed by atoms with van der Waals surface area (Å²) in [6.45, 7) is 6.73. The molecule has 2 aromatic carbocycles. The van der Waals surface area contributed by atoms with Crippen molar-refractivity contribution in [3.63, 3.8) is 0 Å². The van der Waals surface area contributed by atoms with E-state index in [0.717, 1.165) is 24.2 Å². The maximum atomic E-state index is 14.0. The third kappa shape index (κ3) is 4.77. The lowest BCUT2D eigenvalue weighted by Crippen LogP contribution is -2.50. The Bertz CT molecular complexity index is 1350. The number of primary amides is 1. The number of benzene rings is 2. The molecule has 2 aliphatic rings. The molecule has 2 aliphatic heterocycles. The summed E-state index contributed by atoms with van der Waals surface area (Å²) in [5.74, 6) is -2.00.